The Balaban J connectivity index is 3.06. The summed E-state index contributed by atoms with van der Waals surface area (Å²) in [5.74, 6) is 0.451. The second-order valence-electron chi connectivity index (χ2n) is 5.39. The maximum absolute atomic E-state index is 11.4. The first-order valence-electron chi connectivity index (χ1n) is 8.23. The number of nitrogens with one attached hydrogen (secondary N) is 1. The number of methoxy groups -OCH3 is 1. The van der Waals surface area contributed by atoms with E-state index in [-0.39, 0.29) is 5.91 Å². The maximum atomic E-state index is 11.4. The predicted molar refractivity (Wildman–Crippen MR) is 87.6 cm³/mol. The van der Waals surface area contributed by atoms with Crippen molar-refractivity contribution in [1.82, 2.24) is 5.32 Å². The zero-order chi connectivity index (χ0) is 17.2. The molecule has 0 fully saturated rings. The van der Waals surface area contributed by atoms with Gasteiger partial charge in [-0.05, 0) is 5.92 Å². The van der Waals surface area contributed by atoms with Gasteiger partial charge in [0.2, 0.25) is 5.91 Å². The average molecular weight is 335 g/mol. The van der Waals surface area contributed by atoms with E-state index in [4.69, 9.17) is 23.7 Å². The SMILES string of the molecule is COCCOCCOCCOCCOCCNC(=O)CC(C)C. The number of carbonyl (C=O) groups is 1. The molecule has 1 amide bonds. The largest absolute Gasteiger partial charge is 0.382 e. The van der Waals surface area contributed by atoms with Crippen molar-refractivity contribution < 1.29 is 28.5 Å². The first-order valence-corrected chi connectivity index (χ1v) is 8.23. The van der Waals surface area contributed by atoms with Crippen molar-refractivity contribution in [3.63, 3.8) is 0 Å². The van der Waals surface area contributed by atoms with E-state index in [1.54, 1.807) is 7.11 Å². The van der Waals surface area contributed by atoms with Crippen LogP contribution in [0.1, 0.15) is 20.3 Å². The van der Waals surface area contributed by atoms with Crippen molar-refractivity contribution in [3.05, 3.63) is 0 Å². The topological polar surface area (TPSA) is 75.2 Å². The molecule has 0 saturated carbocycles. The van der Waals surface area contributed by atoms with Gasteiger partial charge in [-0.3, -0.25) is 4.79 Å². The molecule has 0 unspecified atom stereocenters. The van der Waals surface area contributed by atoms with Crippen molar-refractivity contribution >= 4 is 5.91 Å². The molecule has 0 atom stereocenters. The lowest BCUT2D eigenvalue weighted by Crippen LogP contribution is -2.28. The Bertz CT molecular complexity index is 263. The van der Waals surface area contributed by atoms with E-state index in [2.05, 4.69) is 5.32 Å². The minimum atomic E-state index is 0.0724. The molecule has 0 heterocycles. The molecular formula is C16H33NO6. The van der Waals surface area contributed by atoms with E-state index < -0.39 is 0 Å². The third-order valence-electron chi connectivity index (χ3n) is 2.71. The Morgan fingerprint density at radius 2 is 1.22 bits per heavy atom. The van der Waals surface area contributed by atoms with Gasteiger partial charge in [-0.1, -0.05) is 13.8 Å². The van der Waals surface area contributed by atoms with Gasteiger partial charge < -0.3 is 29.0 Å². The fourth-order valence-electron chi connectivity index (χ4n) is 1.61. The summed E-state index contributed by atoms with van der Waals surface area (Å²) >= 11 is 0. The monoisotopic (exact) mass is 335 g/mol. The van der Waals surface area contributed by atoms with Crippen LogP contribution in [0.5, 0.6) is 0 Å². The molecule has 7 nitrogen and oxygen atoms in total. The van der Waals surface area contributed by atoms with Crippen molar-refractivity contribution in [3.8, 4) is 0 Å². The summed E-state index contributed by atoms with van der Waals surface area (Å²) in [5, 5.41) is 2.81. The lowest BCUT2D eigenvalue weighted by Gasteiger charge is -2.08. The molecule has 0 aromatic heterocycles. The minimum Gasteiger partial charge on any atom is -0.382 e. The Morgan fingerprint density at radius 1 is 0.783 bits per heavy atom. The van der Waals surface area contributed by atoms with Crippen molar-refractivity contribution in [2.24, 2.45) is 5.92 Å². The van der Waals surface area contributed by atoms with Crippen LogP contribution in [-0.2, 0) is 28.5 Å². The fourth-order valence-corrected chi connectivity index (χ4v) is 1.61. The Labute approximate surface area is 139 Å². The standard InChI is InChI=1S/C16H33NO6/c1-15(2)14-16(18)17-4-5-20-8-9-22-12-13-23-11-10-21-7-6-19-3/h15H,4-14H2,1-3H3,(H,17,18). The lowest BCUT2D eigenvalue weighted by atomic mass is 10.1. The van der Waals surface area contributed by atoms with Crippen LogP contribution in [0.25, 0.3) is 0 Å². The number of ether oxygens (including phenoxy) is 5. The number of hydrogen-bond acceptors (Lipinski definition) is 6. The van der Waals surface area contributed by atoms with Gasteiger partial charge in [0.15, 0.2) is 0 Å². The molecule has 0 saturated heterocycles. The Hall–Kier alpha value is -0.730. The second-order valence-corrected chi connectivity index (χ2v) is 5.39. The molecule has 138 valence electrons. The molecule has 7 heteroatoms. The molecule has 0 spiro atoms. The van der Waals surface area contributed by atoms with E-state index in [0.29, 0.717) is 78.3 Å². The highest BCUT2D eigenvalue weighted by atomic mass is 16.6. The highest BCUT2D eigenvalue weighted by molar-refractivity contribution is 5.75. The van der Waals surface area contributed by atoms with Crippen LogP contribution in [0, 0.1) is 5.92 Å². The van der Waals surface area contributed by atoms with Gasteiger partial charge in [0.1, 0.15) is 0 Å². The quantitative estimate of drug-likeness (QED) is 0.397. The summed E-state index contributed by atoms with van der Waals surface area (Å²) in [7, 11) is 1.64. The first-order chi connectivity index (χ1) is 11.2. The molecule has 0 aromatic rings. The summed E-state index contributed by atoms with van der Waals surface area (Å²) in [6, 6.07) is 0. The Morgan fingerprint density at radius 3 is 1.65 bits per heavy atom. The van der Waals surface area contributed by atoms with Gasteiger partial charge in [0.05, 0.1) is 59.5 Å². The molecule has 0 rings (SSSR count). The number of rotatable bonds is 17. The lowest BCUT2D eigenvalue weighted by molar-refractivity contribution is -0.122. The van der Waals surface area contributed by atoms with E-state index in [1.165, 1.54) is 0 Å². The van der Waals surface area contributed by atoms with Crippen LogP contribution in [0.4, 0.5) is 0 Å². The third kappa shape index (κ3) is 19.2. The first kappa shape index (κ1) is 22.3. The van der Waals surface area contributed by atoms with Crippen LogP contribution >= 0.6 is 0 Å². The van der Waals surface area contributed by atoms with E-state index in [9.17, 15) is 4.79 Å². The minimum absolute atomic E-state index is 0.0724. The third-order valence-corrected chi connectivity index (χ3v) is 2.71. The summed E-state index contributed by atoms with van der Waals surface area (Å²) in [4.78, 5) is 11.4. The van der Waals surface area contributed by atoms with Crippen molar-refractivity contribution in [2.45, 2.75) is 20.3 Å². The van der Waals surface area contributed by atoms with Crippen LogP contribution in [0.15, 0.2) is 0 Å². The molecule has 23 heavy (non-hydrogen) atoms. The van der Waals surface area contributed by atoms with E-state index in [0.717, 1.165) is 0 Å². The molecule has 0 radical (unpaired) electrons. The normalized spacial score (nSPS) is 11.1. The number of amides is 1. The van der Waals surface area contributed by atoms with Gasteiger partial charge in [-0.2, -0.15) is 0 Å². The second kappa shape index (κ2) is 17.6. The predicted octanol–water partition coefficient (Wildman–Crippen LogP) is 0.862. The highest BCUT2D eigenvalue weighted by Gasteiger charge is 2.03. The van der Waals surface area contributed by atoms with Gasteiger partial charge in [0, 0.05) is 20.1 Å². The molecule has 1 N–H and O–H groups in total. The number of hydrogen-bond donors (Lipinski definition) is 1. The molecule has 0 aliphatic rings. The summed E-state index contributed by atoms with van der Waals surface area (Å²) < 4.78 is 26.2. The molecule has 0 bridgehead atoms. The van der Waals surface area contributed by atoms with Gasteiger partial charge >= 0.3 is 0 Å². The average Bonchev–Trinajstić information content (AvgIpc) is 2.50. The summed E-state index contributed by atoms with van der Waals surface area (Å²) in [5.41, 5.74) is 0. The summed E-state index contributed by atoms with van der Waals surface area (Å²) in [6.45, 7) is 9.50. The number of carbonyl (C=O) groups excluding carboxylic acids is 1. The molecule has 0 aromatic carbocycles. The van der Waals surface area contributed by atoms with E-state index in [1.807, 2.05) is 13.8 Å². The van der Waals surface area contributed by atoms with E-state index >= 15 is 0 Å². The molecular weight excluding hydrogens is 302 g/mol. The van der Waals surface area contributed by atoms with Crippen molar-refractivity contribution in [2.75, 3.05) is 73.1 Å². The zero-order valence-electron chi connectivity index (χ0n) is 14.8. The van der Waals surface area contributed by atoms with Gasteiger partial charge in [-0.15, -0.1) is 0 Å². The highest BCUT2D eigenvalue weighted by Crippen LogP contribution is 1.97. The molecule has 0 aliphatic carbocycles. The van der Waals surface area contributed by atoms with Crippen LogP contribution in [-0.4, -0.2) is 79.0 Å². The molecule has 0 aliphatic heterocycles. The summed E-state index contributed by atoms with van der Waals surface area (Å²) in [6.07, 6.45) is 0.556. The van der Waals surface area contributed by atoms with Crippen molar-refractivity contribution in [1.29, 1.82) is 0 Å². The van der Waals surface area contributed by atoms with Gasteiger partial charge in [-0.25, -0.2) is 0 Å². The smallest absolute Gasteiger partial charge is 0.220 e. The van der Waals surface area contributed by atoms with Crippen LogP contribution in [0.2, 0.25) is 0 Å². The van der Waals surface area contributed by atoms with Gasteiger partial charge in [0.25, 0.3) is 0 Å². The fraction of sp³-hybridized carbons (Fsp3) is 0.938. The van der Waals surface area contributed by atoms with Crippen LogP contribution < -0.4 is 5.32 Å². The Kier molecular flexibility index (Phi) is 17.1. The van der Waals surface area contributed by atoms with Crippen LogP contribution in [0.3, 0.4) is 0 Å². The maximum Gasteiger partial charge on any atom is 0.220 e. The zero-order valence-corrected chi connectivity index (χ0v) is 14.8.